The fourth-order valence-electron chi connectivity index (χ4n) is 1.37. The van der Waals surface area contributed by atoms with Crippen molar-refractivity contribution in [2.45, 2.75) is 31.2 Å². The summed E-state index contributed by atoms with van der Waals surface area (Å²) in [6.45, 7) is 3.23. The minimum Gasteiger partial charge on any atom is -0.395 e. The molecule has 1 rings (SSSR count). The number of sulfonamides is 1. The number of aliphatic hydroxyl groups is 1. The van der Waals surface area contributed by atoms with E-state index in [1.54, 1.807) is 20.9 Å². The zero-order chi connectivity index (χ0) is 12.3. The van der Waals surface area contributed by atoms with Crippen LogP contribution in [0.5, 0.6) is 0 Å². The zero-order valence-electron chi connectivity index (χ0n) is 9.64. The lowest BCUT2D eigenvalue weighted by molar-refractivity contribution is 0.254. The molecule has 7 heteroatoms. The van der Waals surface area contributed by atoms with Crippen molar-refractivity contribution in [3.05, 3.63) is 11.9 Å². The largest absolute Gasteiger partial charge is 0.395 e. The van der Waals surface area contributed by atoms with Gasteiger partial charge in [0.05, 0.1) is 12.3 Å². The zero-order valence-corrected chi connectivity index (χ0v) is 10.5. The molecule has 0 bridgehead atoms. The summed E-state index contributed by atoms with van der Waals surface area (Å²) >= 11 is 0. The van der Waals surface area contributed by atoms with E-state index in [1.807, 2.05) is 0 Å². The van der Waals surface area contributed by atoms with Crippen LogP contribution in [0.4, 0.5) is 0 Å². The van der Waals surface area contributed by atoms with Gasteiger partial charge in [-0.3, -0.25) is 4.68 Å². The van der Waals surface area contributed by atoms with Crippen molar-refractivity contribution >= 4 is 10.0 Å². The smallest absolute Gasteiger partial charge is 0.244 e. The van der Waals surface area contributed by atoms with Crippen LogP contribution in [-0.4, -0.2) is 36.0 Å². The number of aliphatic hydroxyl groups excluding tert-OH is 1. The van der Waals surface area contributed by atoms with Crippen LogP contribution in [0.15, 0.2) is 11.1 Å². The van der Waals surface area contributed by atoms with E-state index in [4.69, 9.17) is 5.11 Å². The molecule has 1 unspecified atom stereocenters. The van der Waals surface area contributed by atoms with E-state index in [0.717, 1.165) is 0 Å². The SMILES string of the molecule is CCC(CO)NS(=O)(=O)c1cn(C)nc1C. The molecule has 0 saturated heterocycles. The lowest BCUT2D eigenvalue weighted by atomic mass is 10.3. The Morgan fingerprint density at radius 2 is 2.25 bits per heavy atom. The van der Waals surface area contributed by atoms with Gasteiger partial charge in [0, 0.05) is 19.3 Å². The first-order valence-electron chi connectivity index (χ1n) is 5.04. The van der Waals surface area contributed by atoms with E-state index in [1.165, 1.54) is 10.9 Å². The van der Waals surface area contributed by atoms with Crippen LogP contribution in [-0.2, 0) is 17.1 Å². The Morgan fingerprint density at radius 3 is 2.62 bits per heavy atom. The van der Waals surface area contributed by atoms with Crippen LogP contribution in [0.3, 0.4) is 0 Å². The summed E-state index contributed by atoms with van der Waals surface area (Å²) in [6.07, 6.45) is 1.98. The van der Waals surface area contributed by atoms with E-state index in [0.29, 0.717) is 12.1 Å². The summed E-state index contributed by atoms with van der Waals surface area (Å²) in [6, 6.07) is -0.454. The van der Waals surface area contributed by atoms with Gasteiger partial charge in [0.25, 0.3) is 0 Å². The van der Waals surface area contributed by atoms with E-state index >= 15 is 0 Å². The fraction of sp³-hybridized carbons (Fsp3) is 0.667. The first-order chi connectivity index (χ1) is 7.40. The summed E-state index contributed by atoms with van der Waals surface area (Å²) in [5.41, 5.74) is 0.447. The van der Waals surface area contributed by atoms with E-state index < -0.39 is 16.1 Å². The first kappa shape index (κ1) is 13.1. The average molecular weight is 247 g/mol. The topological polar surface area (TPSA) is 84.2 Å². The third-order valence-electron chi connectivity index (χ3n) is 2.29. The molecule has 1 atom stereocenters. The lowest BCUT2D eigenvalue weighted by Gasteiger charge is -2.13. The maximum atomic E-state index is 11.9. The number of aromatic nitrogens is 2. The van der Waals surface area contributed by atoms with Gasteiger partial charge in [-0.1, -0.05) is 6.92 Å². The second-order valence-electron chi connectivity index (χ2n) is 3.66. The molecule has 0 aromatic carbocycles. The molecule has 2 N–H and O–H groups in total. The van der Waals surface area contributed by atoms with Gasteiger partial charge < -0.3 is 5.11 Å². The Hall–Kier alpha value is -0.920. The number of hydrogen-bond donors (Lipinski definition) is 2. The highest BCUT2D eigenvalue weighted by Gasteiger charge is 2.22. The minimum atomic E-state index is -3.59. The van der Waals surface area contributed by atoms with Gasteiger partial charge in [-0.25, -0.2) is 13.1 Å². The number of nitrogens with one attached hydrogen (secondary N) is 1. The Kier molecular flexibility index (Phi) is 4.06. The van der Waals surface area contributed by atoms with Crippen molar-refractivity contribution in [1.29, 1.82) is 0 Å². The molecule has 0 fully saturated rings. The molecule has 0 radical (unpaired) electrons. The van der Waals surface area contributed by atoms with Gasteiger partial charge >= 0.3 is 0 Å². The minimum absolute atomic E-state index is 0.155. The molecular formula is C9H17N3O3S. The molecule has 92 valence electrons. The highest BCUT2D eigenvalue weighted by molar-refractivity contribution is 7.89. The van der Waals surface area contributed by atoms with Crippen molar-refractivity contribution in [2.75, 3.05) is 6.61 Å². The molecule has 6 nitrogen and oxygen atoms in total. The maximum absolute atomic E-state index is 11.9. The number of nitrogens with zero attached hydrogens (tertiary/aromatic N) is 2. The molecule has 1 aromatic heterocycles. The Morgan fingerprint density at radius 1 is 1.62 bits per heavy atom. The molecule has 16 heavy (non-hydrogen) atoms. The van der Waals surface area contributed by atoms with E-state index in [9.17, 15) is 8.42 Å². The second-order valence-corrected chi connectivity index (χ2v) is 5.34. The van der Waals surface area contributed by atoms with E-state index in [2.05, 4.69) is 9.82 Å². The normalized spacial score (nSPS) is 14.0. The van der Waals surface area contributed by atoms with Crippen molar-refractivity contribution < 1.29 is 13.5 Å². The Bertz CT molecular complexity index is 449. The third-order valence-corrected chi connectivity index (χ3v) is 3.92. The van der Waals surface area contributed by atoms with Crippen LogP contribution in [0.2, 0.25) is 0 Å². The predicted octanol–water partition coefficient (Wildman–Crippen LogP) is -0.222. The molecule has 1 heterocycles. The lowest BCUT2D eigenvalue weighted by Crippen LogP contribution is -2.37. The molecular weight excluding hydrogens is 230 g/mol. The maximum Gasteiger partial charge on any atom is 0.244 e. The van der Waals surface area contributed by atoms with Crippen molar-refractivity contribution in [3.8, 4) is 0 Å². The van der Waals surface area contributed by atoms with Gasteiger partial charge in [0.2, 0.25) is 10.0 Å². The molecule has 0 amide bonds. The van der Waals surface area contributed by atoms with Crippen LogP contribution >= 0.6 is 0 Å². The summed E-state index contributed by atoms with van der Waals surface area (Å²) in [4.78, 5) is 0.155. The Labute approximate surface area is 95.3 Å². The summed E-state index contributed by atoms with van der Waals surface area (Å²) in [5.74, 6) is 0. The van der Waals surface area contributed by atoms with Crippen LogP contribution in [0, 0.1) is 6.92 Å². The molecule has 0 aliphatic heterocycles. The quantitative estimate of drug-likeness (QED) is 0.753. The van der Waals surface area contributed by atoms with E-state index in [-0.39, 0.29) is 11.5 Å². The van der Waals surface area contributed by atoms with Crippen molar-refractivity contribution in [3.63, 3.8) is 0 Å². The molecule has 1 aromatic rings. The molecule has 0 saturated carbocycles. The number of rotatable bonds is 5. The monoisotopic (exact) mass is 247 g/mol. The Balaban J connectivity index is 2.98. The highest BCUT2D eigenvalue weighted by atomic mass is 32.2. The number of hydrogen-bond acceptors (Lipinski definition) is 4. The van der Waals surface area contributed by atoms with Gasteiger partial charge in [-0.2, -0.15) is 5.10 Å². The average Bonchev–Trinajstić information content (AvgIpc) is 2.55. The van der Waals surface area contributed by atoms with Crippen molar-refractivity contribution in [1.82, 2.24) is 14.5 Å². The molecule has 0 spiro atoms. The summed E-state index contributed by atoms with van der Waals surface area (Å²) < 4.78 is 27.7. The standard InChI is InChI=1S/C9H17N3O3S/c1-4-8(6-13)11-16(14,15)9-5-12(3)10-7(9)2/h5,8,11,13H,4,6H2,1-3H3. The second kappa shape index (κ2) is 4.94. The van der Waals surface area contributed by atoms with Crippen LogP contribution in [0.1, 0.15) is 19.0 Å². The molecule has 0 aliphatic rings. The fourth-order valence-corrected chi connectivity index (χ4v) is 2.90. The van der Waals surface area contributed by atoms with Gasteiger partial charge in [-0.15, -0.1) is 0 Å². The first-order valence-corrected chi connectivity index (χ1v) is 6.52. The van der Waals surface area contributed by atoms with Crippen LogP contribution in [0.25, 0.3) is 0 Å². The summed E-state index contributed by atoms with van der Waals surface area (Å²) in [7, 11) is -1.92. The molecule has 0 aliphatic carbocycles. The summed E-state index contributed by atoms with van der Waals surface area (Å²) in [5, 5.41) is 12.9. The van der Waals surface area contributed by atoms with Gasteiger partial charge in [0.1, 0.15) is 4.90 Å². The van der Waals surface area contributed by atoms with Crippen molar-refractivity contribution in [2.24, 2.45) is 7.05 Å². The third kappa shape index (κ3) is 2.81. The highest BCUT2D eigenvalue weighted by Crippen LogP contribution is 2.13. The number of aryl methyl sites for hydroxylation is 2. The van der Waals surface area contributed by atoms with Gasteiger partial charge in [-0.05, 0) is 13.3 Å². The predicted molar refractivity (Wildman–Crippen MR) is 59.4 cm³/mol. The van der Waals surface area contributed by atoms with Gasteiger partial charge in [0.15, 0.2) is 0 Å². The van der Waals surface area contributed by atoms with Crippen LogP contribution < -0.4 is 4.72 Å².